The molecule has 2 fully saturated rings. The predicted octanol–water partition coefficient (Wildman–Crippen LogP) is 3.21. The lowest BCUT2D eigenvalue weighted by molar-refractivity contribution is -0.149. The Bertz CT molecular complexity index is 684. The van der Waals surface area contributed by atoms with Crippen molar-refractivity contribution in [2.24, 2.45) is 17.3 Å². The smallest absolute Gasteiger partial charge is 0.321 e. The number of aromatic nitrogens is 2. The number of rotatable bonds is 6. The van der Waals surface area contributed by atoms with Crippen LogP contribution in [0.5, 0.6) is 0 Å². The second kappa shape index (κ2) is 7.29. The fourth-order valence-electron chi connectivity index (χ4n) is 4.45. The maximum absolute atomic E-state index is 12.7. The SMILES string of the molecule is CCc1c(NC(=O)N2C[C@@H]3CCC[C@@]3(C(=O)O)C2)cnn1CCC(C)C. The topological polar surface area (TPSA) is 87.5 Å². The van der Waals surface area contributed by atoms with Gasteiger partial charge < -0.3 is 15.3 Å². The number of aryl methyl sites for hydroxylation is 1. The molecule has 0 bridgehead atoms. The molecule has 1 saturated carbocycles. The average Bonchev–Trinajstić information content (AvgIpc) is 3.24. The van der Waals surface area contributed by atoms with Crippen molar-refractivity contribution >= 4 is 17.7 Å². The molecule has 144 valence electrons. The van der Waals surface area contributed by atoms with Crippen molar-refractivity contribution in [3.05, 3.63) is 11.9 Å². The molecule has 1 aromatic rings. The first-order chi connectivity index (χ1) is 12.4. The molecule has 2 amide bonds. The van der Waals surface area contributed by atoms with Gasteiger partial charge in [-0.05, 0) is 37.5 Å². The van der Waals surface area contributed by atoms with E-state index in [-0.39, 0.29) is 11.9 Å². The lowest BCUT2D eigenvalue weighted by Crippen LogP contribution is -2.38. The van der Waals surface area contributed by atoms with Gasteiger partial charge in [0, 0.05) is 19.6 Å². The minimum absolute atomic E-state index is 0.0742. The Balaban J connectivity index is 1.68. The van der Waals surface area contributed by atoms with Gasteiger partial charge in [0.1, 0.15) is 0 Å². The van der Waals surface area contributed by atoms with Crippen LogP contribution in [0.1, 0.15) is 52.1 Å². The van der Waals surface area contributed by atoms with Crippen LogP contribution in [0, 0.1) is 17.3 Å². The van der Waals surface area contributed by atoms with Crippen molar-refractivity contribution in [2.45, 2.75) is 59.4 Å². The summed E-state index contributed by atoms with van der Waals surface area (Å²) in [5, 5.41) is 17.1. The molecule has 1 saturated heterocycles. The number of aliphatic carboxylic acids is 1. The highest BCUT2D eigenvalue weighted by atomic mass is 16.4. The van der Waals surface area contributed by atoms with Crippen LogP contribution in [0.3, 0.4) is 0 Å². The molecule has 2 aliphatic rings. The second-order valence-electron chi connectivity index (χ2n) is 8.13. The number of carbonyl (C=O) groups excluding carboxylic acids is 1. The molecule has 2 N–H and O–H groups in total. The molecular formula is C19H30N4O3. The number of hydrogen-bond acceptors (Lipinski definition) is 3. The largest absolute Gasteiger partial charge is 0.481 e. The van der Waals surface area contributed by atoms with E-state index in [4.69, 9.17) is 0 Å². The van der Waals surface area contributed by atoms with E-state index in [1.165, 1.54) is 0 Å². The van der Waals surface area contributed by atoms with Crippen molar-refractivity contribution in [1.82, 2.24) is 14.7 Å². The number of carbonyl (C=O) groups is 2. The molecule has 1 aliphatic carbocycles. The number of carboxylic acids is 1. The van der Waals surface area contributed by atoms with Gasteiger partial charge >= 0.3 is 12.0 Å². The fraction of sp³-hybridized carbons (Fsp3) is 0.737. The molecule has 26 heavy (non-hydrogen) atoms. The van der Waals surface area contributed by atoms with E-state index in [1.54, 1.807) is 11.1 Å². The van der Waals surface area contributed by atoms with Crippen LogP contribution < -0.4 is 5.32 Å². The normalized spacial score (nSPS) is 24.9. The first kappa shape index (κ1) is 18.7. The van der Waals surface area contributed by atoms with Crippen LogP contribution in [0.25, 0.3) is 0 Å². The van der Waals surface area contributed by atoms with Crippen LogP contribution in [0.4, 0.5) is 10.5 Å². The van der Waals surface area contributed by atoms with Crippen LogP contribution in [0.15, 0.2) is 6.20 Å². The van der Waals surface area contributed by atoms with Crippen molar-refractivity contribution in [2.75, 3.05) is 18.4 Å². The molecule has 0 unspecified atom stereocenters. The zero-order chi connectivity index (χ0) is 18.9. The number of hydrogen-bond donors (Lipinski definition) is 2. The van der Waals surface area contributed by atoms with E-state index in [0.717, 1.165) is 43.6 Å². The van der Waals surface area contributed by atoms with Crippen molar-refractivity contribution in [3.8, 4) is 0 Å². The molecule has 2 atom stereocenters. The van der Waals surface area contributed by atoms with Crippen molar-refractivity contribution < 1.29 is 14.7 Å². The van der Waals surface area contributed by atoms with E-state index in [0.29, 0.717) is 25.4 Å². The van der Waals surface area contributed by atoms with Gasteiger partial charge in [0.05, 0.1) is 23.0 Å². The van der Waals surface area contributed by atoms with E-state index in [9.17, 15) is 14.7 Å². The maximum Gasteiger partial charge on any atom is 0.321 e. The van der Waals surface area contributed by atoms with Gasteiger partial charge in [0.25, 0.3) is 0 Å². The summed E-state index contributed by atoms with van der Waals surface area (Å²) >= 11 is 0. The quantitative estimate of drug-likeness (QED) is 0.813. The van der Waals surface area contributed by atoms with E-state index >= 15 is 0 Å². The lowest BCUT2D eigenvalue weighted by Gasteiger charge is -2.23. The van der Waals surface area contributed by atoms with Gasteiger partial charge in [-0.15, -0.1) is 0 Å². The highest BCUT2D eigenvalue weighted by Crippen LogP contribution is 2.48. The Hall–Kier alpha value is -2.05. The predicted molar refractivity (Wildman–Crippen MR) is 99.1 cm³/mol. The van der Waals surface area contributed by atoms with Crippen molar-refractivity contribution in [3.63, 3.8) is 0 Å². The van der Waals surface area contributed by atoms with Gasteiger partial charge in [-0.2, -0.15) is 5.10 Å². The second-order valence-corrected chi connectivity index (χ2v) is 8.13. The van der Waals surface area contributed by atoms with Crippen LogP contribution in [-0.2, 0) is 17.8 Å². The Morgan fingerprint density at radius 2 is 2.23 bits per heavy atom. The van der Waals surface area contributed by atoms with Gasteiger partial charge in [0.15, 0.2) is 0 Å². The maximum atomic E-state index is 12.7. The number of anilines is 1. The van der Waals surface area contributed by atoms with Gasteiger partial charge in [-0.25, -0.2) is 4.79 Å². The Labute approximate surface area is 154 Å². The highest BCUT2D eigenvalue weighted by Gasteiger charge is 2.55. The van der Waals surface area contributed by atoms with Gasteiger partial charge in [0.2, 0.25) is 0 Å². The zero-order valence-corrected chi connectivity index (χ0v) is 16.0. The number of likely N-dealkylation sites (tertiary alicyclic amines) is 1. The number of nitrogens with zero attached hydrogens (tertiary/aromatic N) is 3. The summed E-state index contributed by atoms with van der Waals surface area (Å²) < 4.78 is 1.97. The average molecular weight is 362 g/mol. The summed E-state index contributed by atoms with van der Waals surface area (Å²) in [7, 11) is 0. The first-order valence-corrected chi connectivity index (χ1v) is 9.71. The van der Waals surface area contributed by atoms with E-state index < -0.39 is 11.4 Å². The molecule has 7 heteroatoms. The van der Waals surface area contributed by atoms with E-state index in [2.05, 4.69) is 31.2 Å². The van der Waals surface area contributed by atoms with Crippen LogP contribution >= 0.6 is 0 Å². The summed E-state index contributed by atoms with van der Waals surface area (Å²) in [6.07, 6.45) is 6.04. The number of carboxylic acid groups (broad SMARTS) is 1. The molecule has 1 aromatic heterocycles. The Morgan fingerprint density at radius 1 is 1.46 bits per heavy atom. The number of amides is 2. The summed E-state index contributed by atoms with van der Waals surface area (Å²) in [6, 6.07) is -0.210. The summed E-state index contributed by atoms with van der Waals surface area (Å²) in [6.45, 7) is 8.09. The Morgan fingerprint density at radius 3 is 2.85 bits per heavy atom. The molecule has 2 heterocycles. The van der Waals surface area contributed by atoms with Gasteiger partial charge in [-0.1, -0.05) is 27.2 Å². The van der Waals surface area contributed by atoms with Crippen LogP contribution in [0.2, 0.25) is 0 Å². The third kappa shape index (κ3) is 3.31. The Kier molecular flexibility index (Phi) is 5.25. The molecule has 7 nitrogen and oxygen atoms in total. The summed E-state index contributed by atoms with van der Waals surface area (Å²) in [5.41, 5.74) is 1.01. The minimum atomic E-state index is -0.758. The molecule has 1 aliphatic heterocycles. The minimum Gasteiger partial charge on any atom is -0.481 e. The van der Waals surface area contributed by atoms with Crippen molar-refractivity contribution in [1.29, 1.82) is 0 Å². The molecule has 3 rings (SSSR count). The fourth-order valence-corrected chi connectivity index (χ4v) is 4.45. The third-order valence-electron chi connectivity index (χ3n) is 6.03. The lowest BCUT2D eigenvalue weighted by atomic mass is 9.81. The first-order valence-electron chi connectivity index (χ1n) is 9.71. The monoisotopic (exact) mass is 362 g/mol. The van der Waals surface area contributed by atoms with Crippen LogP contribution in [-0.4, -0.2) is 44.9 Å². The standard InChI is InChI=1S/C19H30N4O3/c1-4-16-15(10-20-23(16)9-7-13(2)3)21-18(26)22-11-14-6-5-8-19(14,12-22)17(24)25/h10,13-14H,4-9,11-12H2,1-3H3,(H,21,26)(H,24,25)/t14-,19+/m0/s1. The number of fused-ring (bicyclic) bond motifs is 1. The molecular weight excluding hydrogens is 332 g/mol. The third-order valence-corrected chi connectivity index (χ3v) is 6.03. The molecule has 0 spiro atoms. The van der Waals surface area contributed by atoms with E-state index in [1.807, 2.05) is 4.68 Å². The summed E-state index contributed by atoms with van der Waals surface area (Å²) in [5.74, 6) is -0.0885. The highest BCUT2D eigenvalue weighted by molar-refractivity contribution is 5.91. The number of urea groups is 1. The number of nitrogens with one attached hydrogen (secondary N) is 1. The summed E-state index contributed by atoms with van der Waals surface area (Å²) in [4.78, 5) is 26.2. The molecule has 0 aromatic carbocycles. The molecule has 0 radical (unpaired) electrons. The zero-order valence-electron chi connectivity index (χ0n) is 16.0. The van der Waals surface area contributed by atoms with Gasteiger partial charge in [-0.3, -0.25) is 9.48 Å².